The van der Waals surface area contributed by atoms with Crippen LogP contribution in [-0.4, -0.2) is 14.4 Å². The molecule has 0 atom stereocenters. The molecule has 9 aromatic rings. The third-order valence-corrected chi connectivity index (χ3v) is 10.3. The zero-order chi connectivity index (χ0) is 33.2. The van der Waals surface area contributed by atoms with Gasteiger partial charge in [-0.05, 0) is 96.4 Å². The van der Waals surface area contributed by atoms with Crippen molar-refractivity contribution < 1.29 is 0 Å². The summed E-state index contributed by atoms with van der Waals surface area (Å²) in [4.78, 5) is 12.8. The van der Waals surface area contributed by atoms with Gasteiger partial charge in [-0.15, -0.1) is 0 Å². The van der Waals surface area contributed by atoms with Crippen molar-refractivity contribution in [2.75, 3.05) is 0 Å². The highest BCUT2D eigenvalue weighted by atomic mass is 15.1. The summed E-state index contributed by atoms with van der Waals surface area (Å²) in [7, 11) is 0. The molecule has 7 aromatic carbocycles. The third-order valence-electron chi connectivity index (χ3n) is 10.3. The highest BCUT2D eigenvalue weighted by Crippen LogP contribution is 2.57. The van der Waals surface area contributed by atoms with Gasteiger partial charge in [0.05, 0.1) is 17.7 Å². The summed E-state index contributed by atoms with van der Waals surface area (Å²) in [5.41, 5.74) is 11.7. The van der Waals surface area contributed by atoms with E-state index in [4.69, 9.17) is 11.6 Å². The first-order valence-corrected chi connectivity index (χ1v) is 16.8. The Balaban J connectivity index is 1.22. The molecule has 0 unspecified atom stereocenters. The number of rotatable bonds is 5. The highest BCUT2D eigenvalue weighted by Gasteiger charge is 2.45. The van der Waals surface area contributed by atoms with Crippen LogP contribution in [0.5, 0.6) is 0 Å². The van der Waals surface area contributed by atoms with Crippen LogP contribution in [0, 0.1) is 6.57 Å². The highest BCUT2D eigenvalue weighted by molar-refractivity contribution is 6.18. The monoisotopic (exact) mass is 636 g/mol. The van der Waals surface area contributed by atoms with E-state index in [0.717, 1.165) is 27.9 Å². The van der Waals surface area contributed by atoms with E-state index in [1.165, 1.54) is 49.4 Å². The lowest BCUT2D eigenvalue weighted by molar-refractivity contribution is 0.772. The number of nitrogens with zero attached hydrogens (tertiary/aromatic N) is 4. The molecule has 0 N–H and O–H groups in total. The molecular weight excluding hydrogens is 609 g/mol. The van der Waals surface area contributed by atoms with Crippen molar-refractivity contribution in [2.45, 2.75) is 5.41 Å². The number of fused-ring (bicyclic) bond motifs is 1. The average molecular weight is 637 g/mol. The number of aromatic nitrogens is 3. The second-order valence-electron chi connectivity index (χ2n) is 13.0. The Morgan fingerprint density at radius 2 is 1.08 bits per heavy atom. The minimum absolute atomic E-state index is 0.547. The van der Waals surface area contributed by atoms with Crippen LogP contribution >= 0.6 is 0 Å². The first-order chi connectivity index (χ1) is 24.7. The Bertz CT molecular complexity index is 2720. The van der Waals surface area contributed by atoms with Crippen molar-refractivity contribution in [2.24, 2.45) is 0 Å². The minimum atomic E-state index is -0.547. The van der Waals surface area contributed by atoms with Crippen molar-refractivity contribution >= 4 is 33.0 Å². The van der Waals surface area contributed by atoms with Crippen LogP contribution in [0.1, 0.15) is 22.3 Å². The molecule has 0 radical (unpaired) electrons. The van der Waals surface area contributed by atoms with Gasteiger partial charge >= 0.3 is 0 Å². The van der Waals surface area contributed by atoms with Crippen LogP contribution in [-0.2, 0) is 5.41 Å². The number of imidazole rings is 1. The van der Waals surface area contributed by atoms with E-state index >= 15 is 0 Å². The van der Waals surface area contributed by atoms with Crippen LogP contribution in [0.3, 0.4) is 0 Å². The predicted molar refractivity (Wildman–Crippen MR) is 202 cm³/mol. The van der Waals surface area contributed by atoms with Crippen molar-refractivity contribution in [1.82, 2.24) is 14.4 Å². The Hall–Kier alpha value is -6.83. The molecule has 0 fully saturated rings. The fraction of sp³-hybridized carbons (Fsp3) is 0.0217. The summed E-state index contributed by atoms with van der Waals surface area (Å²) in [5, 5.41) is 5.05. The second kappa shape index (κ2) is 10.8. The minimum Gasteiger partial charge on any atom is -0.291 e. The molecule has 50 heavy (non-hydrogen) atoms. The molecule has 0 aliphatic heterocycles. The Morgan fingerprint density at radius 1 is 0.540 bits per heavy atom. The van der Waals surface area contributed by atoms with Crippen molar-refractivity contribution in [3.8, 4) is 33.5 Å². The third kappa shape index (κ3) is 4.11. The summed E-state index contributed by atoms with van der Waals surface area (Å²) in [6, 6.07) is 54.6. The van der Waals surface area contributed by atoms with Gasteiger partial charge in [0, 0.05) is 24.2 Å². The largest absolute Gasteiger partial charge is 0.291 e. The fourth-order valence-electron chi connectivity index (χ4n) is 8.10. The summed E-state index contributed by atoms with van der Waals surface area (Å²) < 4.78 is 1.95. The molecule has 0 saturated heterocycles. The quantitative estimate of drug-likeness (QED) is 0.139. The maximum atomic E-state index is 7.47. The van der Waals surface area contributed by atoms with Gasteiger partial charge in [-0.1, -0.05) is 121 Å². The maximum absolute atomic E-state index is 7.47. The van der Waals surface area contributed by atoms with Crippen LogP contribution in [0.2, 0.25) is 0 Å². The van der Waals surface area contributed by atoms with Crippen LogP contribution in [0.15, 0.2) is 170 Å². The SMILES string of the molecule is [C-]#[N+]c1ccc(-c2cc3c4c(ccc5cc(-c6ccc(-c7cn8cccnc8n7)cc6)cc(c54)C3(c3ccccc3)c3ccccc3)c2)cc1. The van der Waals surface area contributed by atoms with Gasteiger partial charge in [-0.25, -0.2) is 14.8 Å². The van der Waals surface area contributed by atoms with Crippen molar-refractivity contribution in [3.63, 3.8) is 0 Å². The molecule has 10 rings (SSSR count). The van der Waals surface area contributed by atoms with Gasteiger partial charge in [-0.3, -0.25) is 4.40 Å². The summed E-state index contributed by atoms with van der Waals surface area (Å²) >= 11 is 0. The molecule has 0 amide bonds. The molecule has 4 heteroatoms. The van der Waals surface area contributed by atoms with Crippen LogP contribution < -0.4 is 0 Å². The Labute approximate surface area is 289 Å². The Morgan fingerprint density at radius 3 is 1.62 bits per heavy atom. The summed E-state index contributed by atoms with van der Waals surface area (Å²) in [5.74, 6) is 0.691. The zero-order valence-electron chi connectivity index (χ0n) is 27.0. The van der Waals surface area contributed by atoms with E-state index in [1.54, 1.807) is 6.20 Å². The lowest BCUT2D eigenvalue weighted by atomic mass is 9.66. The Kier molecular flexibility index (Phi) is 6.12. The summed E-state index contributed by atoms with van der Waals surface area (Å²) in [6.45, 7) is 7.47. The number of hydrogen-bond acceptors (Lipinski definition) is 2. The number of hydrogen-bond donors (Lipinski definition) is 0. The lowest BCUT2D eigenvalue weighted by Crippen LogP contribution is -2.28. The predicted octanol–water partition coefficient (Wildman–Crippen LogP) is 11.3. The van der Waals surface area contributed by atoms with E-state index in [2.05, 4.69) is 143 Å². The van der Waals surface area contributed by atoms with E-state index < -0.39 is 5.41 Å². The summed E-state index contributed by atoms with van der Waals surface area (Å²) in [6.07, 6.45) is 5.77. The molecule has 2 heterocycles. The van der Waals surface area contributed by atoms with Gasteiger partial charge in [0.2, 0.25) is 5.78 Å². The molecular formula is C46H28N4. The molecule has 0 spiro atoms. The van der Waals surface area contributed by atoms with Gasteiger partial charge < -0.3 is 0 Å². The molecule has 0 saturated carbocycles. The van der Waals surface area contributed by atoms with Gasteiger partial charge in [0.1, 0.15) is 0 Å². The second-order valence-corrected chi connectivity index (χ2v) is 13.0. The van der Waals surface area contributed by atoms with E-state index in [1.807, 2.05) is 35.0 Å². The van der Waals surface area contributed by atoms with Crippen molar-refractivity contribution in [1.29, 1.82) is 0 Å². The van der Waals surface area contributed by atoms with E-state index in [-0.39, 0.29) is 0 Å². The molecule has 232 valence electrons. The zero-order valence-corrected chi connectivity index (χ0v) is 27.0. The lowest BCUT2D eigenvalue weighted by Gasteiger charge is -2.34. The standard InChI is InChI=1S/C46H28N4/c1-47-39-21-19-31(20-22-39)36-26-34-18-17-33-25-35(30-13-15-32(16-14-30)42-29-50-24-8-23-48-45(50)49-42)27-40-43(33)44(34)41(28-36)46(40,37-9-4-2-5-10-37)38-11-6-3-7-12-38/h2-29H. The first-order valence-electron chi connectivity index (χ1n) is 16.8. The number of benzene rings is 7. The molecule has 2 aromatic heterocycles. The van der Waals surface area contributed by atoms with Gasteiger partial charge in [-0.2, -0.15) is 0 Å². The van der Waals surface area contributed by atoms with E-state index in [0.29, 0.717) is 11.5 Å². The van der Waals surface area contributed by atoms with Gasteiger partial charge in [0.25, 0.3) is 0 Å². The van der Waals surface area contributed by atoms with Crippen LogP contribution in [0.4, 0.5) is 5.69 Å². The van der Waals surface area contributed by atoms with Crippen molar-refractivity contribution in [3.05, 3.63) is 204 Å². The fourth-order valence-corrected chi connectivity index (χ4v) is 8.10. The average Bonchev–Trinajstić information content (AvgIpc) is 3.76. The topological polar surface area (TPSA) is 34.5 Å². The normalized spacial score (nSPS) is 12.9. The first kappa shape index (κ1) is 28.2. The van der Waals surface area contributed by atoms with E-state index in [9.17, 15) is 0 Å². The van der Waals surface area contributed by atoms with Gasteiger partial charge in [0.15, 0.2) is 5.69 Å². The molecule has 1 aliphatic carbocycles. The molecule has 0 bridgehead atoms. The van der Waals surface area contributed by atoms with Crippen LogP contribution in [0.25, 0.3) is 65.7 Å². The molecule has 4 nitrogen and oxygen atoms in total. The maximum Gasteiger partial charge on any atom is 0.234 e. The smallest absolute Gasteiger partial charge is 0.234 e. The molecule has 1 aliphatic rings.